The Kier molecular flexibility index (Phi) is 10.6. The van der Waals surface area contributed by atoms with Crippen LogP contribution in [0, 0.1) is 5.92 Å². The molecule has 2 N–H and O–H groups in total. The second kappa shape index (κ2) is 12.9. The van der Waals surface area contributed by atoms with Gasteiger partial charge in [0.05, 0.1) is 18.4 Å². The summed E-state index contributed by atoms with van der Waals surface area (Å²) < 4.78 is 11.6. The van der Waals surface area contributed by atoms with E-state index in [-0.39, 0.29) is 24.5 Å². The van der Waals surface area contributed by atoms with Crippen molar-refractivity contribution < 1.29 is 28.6 Å². The molecule has 3 atom stereocenters. The number of esters is 1. The van der Waals surface area contributed by atoms with Crippen molar-refractivity contribution in [3.63, 3.8) is 0 Å². The molecule has 2 amide bonds. The zero-order chi connectivity index (χ0) is 27.4. The molecule has 1 aromatic carbocycles. The van der Waals surface area contributed by atoms with E-state index < -0.39 is 39.0 Å². The quantitative estimate of drug-likeness (QED) is 0.171. The fourth-order valence-electron chi connectivity index (χ4n) is 4.61. The molecule has 15 heteroatoms. The number of nitrogens with zero attached hydrogens (tertiary/aromatic N) is 1. The molecule has 2 aliphatic heterocycles. The number of methoxy groups -OCH3 is 1. The summed E-state index contributed by atoms with van der Waals surface area (Å²) in [5.41, 5.74) is 1.69. The Morgan fingerprint density at radius 1 is 1.08 bits per heavy atom. The van der Waals surface area contributed by atoms with E-state index >= 15 is 0 Å². The molecule has 3 rings (SSSR count). The number of amides is 2. The van der Waals surface area contributed by atoms with Gasteiger partial charge in [-0.25, -0.2) is 14.4 Å². The molecule has 0 bridgehead atoms. The van der Waals surface area contributed by atoms with Crippen molar-refractivity contribution in [2.24, 2.45) is 5.92 Å². The van der Waals surface area contributed by atoms with E-state index in [0.29, 0.717) is 30.6 Å². The van der Waals surface area contributed by atoms with Crippen LogP contribution in [0.3, 0.4) is 0 Å². The smallest absolute Gasteiger partial charge is 0.414 e. The molecule has 0 aromatic heterocycles. The lowest BCUT2D eigenvalue weighted by atomic mass is 9.79. The van der Waals surface area contributed by atoms with E-state index in [1.54, 1.807) is 18.2 Å². The minimum atomic E-state index is -1.78. The van der Waals surface area contributed by atoms with Gasteiger partial charge in [-0.2, -0.15) is 0 Å². The van der Waals surface area contributed by atoms with Crippen molar-refractivity contribution in [2.75, 3.05) is 38.3 Å². The predicted molar refractivity (Wildman–Crippen MR) is 143 cm³/mol. The zero-order valence-corrected chi connectivity index (χ0v) is 24.1. The van der Waals surface area contributed by atoms with E-state index in [2.05, 4.69) is 10.6 Å². The molecule has 0 unspecified atom stereocenters. The SMILES string of the molecule is COC(=O)c1ccc2c(c1)[C@H]1NCC[C@H]1[C@H](CCCNC(=O)OCC(Cl)(Cl)Cl)N2C(=O)OCC(Cl)(Cl)Cl. The predicted octanol–water partition coefficient (Wildman–Crippen LogP) is 5.70. The lowest BCUT2D eigenvalue weighted by Crippen LogP contribution is -2.51. The largest absolute Gasteiger partial charge is 0.465 e. The third kappa shape index (κ3) is 8.46. The van der Waals surface area contributed by atoms with Crippen LogP contribution in [0.2, 0.25) is 0 Å². The van der Waals surface area contributed by atoms with Gasteiger partial charge in [0, 0.05) is 24.5 Å². The Bertz CT molecular complexity index is 1000. The minimum absolute atomic E-state index is 0.00276. The van der Waals surface area contributed by atoms with Crippen molar-refractivity contribution in [1.29, 1.82) is 0 Å². The normalized spacial score (nSPS) is 21.1. The zero-order valence-electron chi connectivity index (χ0n) is 19.6. The van der Waals surface area contributed by atoms with Crippen LogP contribution in [0.5, 0.6) is 0 Å². The average molecular weight is 640 g/mol. The third-order valence-corrected chi connectivity index (χ3v) is 6.66. The van der Waals surface area contributed by atoms with Gasteiger partial charge in [0.2, 0.25) is 7.59 Å². The highest BCUT2D eigenvalue weighted by Gasteiger charge is 2.46. The van der Waals surface area contributed by atoms with Crippen LogP contribution in [0.4, 0.5) is 15.3 Å². The Morgan fingerprint density at radius 2 is 1.76 bits per heavy atom. The number of ether oxygens (including phenoxy) is 3. The molecule has 2 heterocycles. The molecule has 0 saturated carbocycles. The first kappa shape index (κ1) is 30.5. The van der Waals surface area contributed by atoms with Crippen LogP contribution in [0.1, 0.15) is 41.2 Å². The molecular formula is C22H25Cl6N3O6. The lowest BCUT2D eigenvalue weighted by molar-refractivity contribution is 0.0600. The highest BCUT2D eigenvalue weighted by molar-refractivity contribution is 6.68. The molecule has 2 aliphatic rings. The van der Waals surface area contributed by atoms with E-state index in [9.17, 15) is 14.4 Å². The Morgan fingerprint density at radius 3 is 2.41 bits per heavy atom. The molecule has 1 aromatic rings. The van der Waals surface area contributed by atoms with Gasteiger partial charge >= 0.3 is 18.2 Å². The number of hydrogen-bond donors (Lipinski definition) is 2. The topological polar surface area (TPSA) is 106 Å². The fraction of sp³-hybridized carbons (Fsp3) is 0.591. The molecule has 206 valence electrons. The number of benzene rings is 1. The number of rotatable bonds is 7. The number of carbonyl (C=O) groups is 3. The molecule has 9 nitrogen and oxygen atoms in total. The summed E-state index contributed by atoms with van der Waals surface area (Å²) in [5, 5.41) is 6.06. The monoisotopic (exact) mass is 637 g/mol. The second-order valence-electron chi connectivity index (χ2n) is 8.52. The van der Waals surface area contributed by atoms with E-state index in [1.165, 1.54) is 12.0 Å². The van der Waals surface area contributed by atoms with E-state index in [0.717, 1.165) is 12.0 Å². The summed E-state index contributed by atoms with van der Waals surface area (Å²) in [6.45, 7) is 0.129. The van der Waals surface area contributed by atoms with E-state index in [4.69, 9.17) is 83.8 Å². The number of alkyl halides is 6. The van der Waals surface area contributed by atoms with Crippen molar-refractivity contribution in [3.05, 3.63) is 29.3 Å². The van der Waals surface area contributed by atoms with E-state index in [1.807, 2.05) is 0 Å². The average Bonchev–Trinajstić information content (AvgIpc) is 3.32. The first-order valence-corrected chi connectivity index (χ1v) is 13.5. The number of hydrogen-bond acceptors (Lipinski definition) is 7. The van der Waals surface area contributed by atoms with Crippen molar-refractivity contribution in [1.82, 2.24) is 10.6 Å². The maximum atomic E-state index is 13.3. The van der Waals surface area contributed by atoms with Gasteiger partial charge < -0.3 is 24.8 Å². The molecule has 1 saturated heterocycles. The summed E-state index contributed by atoms with van der Waals surface area (Å²) >= 11 is 34.2. The van der Waals surface area contributed by atoms with Gasteiger partial charge in [0.25, 0.3) is 0 Å². The maximum absolute atomic E-state index is 13.3. The number of carbonyl (C=O) groups excluding carboxylic acids is 3. The second-order valence-corrected chi connectivity index (χ2v) is 13.5. The number of alkyl carbamates (subject to hydrolysis) is 1. The first-order chi connectivity index (χ1) is 17.3. The highest BCUT2D eigenvalue weighted by atomic mass is 35.6. The molecular weight excluding hydrogens is 615 g/mol. The molecule has 0 radical (unpaired) electrons. The minimum Gasteiger partial charge on any atom is -0.465 e. The summed E-state index contributed by atoms with van der Waals surface area (Å²) in [7, 11) is 1.30. The standard InChI is InChI=1S/C22H25Cl6N3O6/c1-35-18(32)12-4-5-16-14(9-12)17-13(6-8-29-17)15(31(16)20(34)37-11-22(26,27)28)3-2-7-30-19(33)36-10-21(23,24)25/h4-5,9,13,15,17,29H,2-3,6-8,10-11H2,1H3,(H,30,33)/t13-,15-,17-/m0/s1. The van der Waals surface area contributed by atoms with Gasteiger partial charge in [-0.1, -0.05) is 69.6 Å². The van der Waals surface area contributed by atoms with Gasteiger partial charge in [-0.3, -0.25) is 4.90 Å². The van der Waals surface area contributed by atoms with Gasteiger partial charge in [0.1, 0.15) is 13.2 Å². The summed E-state index contributed by atoms with van der Waals surface area (Å²) in [5.74, 6) is -0.491. The highest BCUT2D eigenvalue weighted by Crippen LogP contribution is 2.46. The van der Waals surface area contributed by atoms with Crippen LogP contribution >= 0.6 is 69.6 Å². The Balaban J connectivity index is 1.80. The van der Waals surface area contributed by atoms with Crippen molar-refractivity contribution >= 4 is 93.4 Å². The van der Waals surface area contributed by atoms with Crippen LogP contribution in [0.15, 0.2) is 18.2 Å². The first-order valence-electron chi connectivity index (χ1n) is 11.3. The van der Waals surface area contributed by atoms with Gasteiger partial charge in [-0.15, -0.1) is 0 Å². The number of anilines is 1. The molecule has 37 heavy (non-hydrogen) atoms. The van der Waals surface area contributed by atoms with Crippen LogP contribution < -0.4 is 15.5 Å². The third-order valence-electron chi connectivity index (χ3n) is 6.01. The summed E-state index contributed by atoms with van der Waals surface area (Å²) in [6.07, 6.45) is 0.359. The molecule has 1 fully saturated rings. The molecule has 0 spiro atoms. The Hall–Kier alpha value is -1.07. The fourth-order valence-corrected chi connectivity index (χ4v) is 4.93. The lowest BCUT2D eigenvalue weighted by Gasteiger charge is -2.43. The van der Waals surface area contributed by atoms with Crippen LogP contribution in [0.25, 0.3) is 0 Å². The number of halogens is 6. The summed E-state index contributed by atoms with van der Waals surface area (Å²) in [4.78, 5) is 38.8. The van der Waals surface area contributed by atoms with Crippen LogP contribution in [-0.2, 0) is 14.2 Å². The van der Waals surface area contributed by atoms with Gasteiger partial charge in [-0.05, 0) is 49.6 Å². The summed E-state index contributed by atoms with van der Waals surface area (Å²) in [6, 6.07) is 4.55. The molecule has 0 aliphatic carbocycles. The van der Waals surface area contributed by atoms with Crippen molar-refractivity contribution in [2.45, 2.75) is 38.9 Å². The van der Waals surface area contributed by atoms with Crippen molar-refractivity contribution in [3.8, 4) is 0 Å². The maximum Gasteiger partial charge on any atom is 0.414 e. The Labute approximate surface area is 244 Å². The van der Waals surface area contributed by atoms with Gasteiger partial charge in [0.15, 0.2) is 0 Å². The van der Waals surface area contributed by atoms with Crippen LogP contribution in [-0.4, -0.2) is 65.2 Å². The number of fused-ring (bicyclic) bond motifs is 3. The number of nitrogens with one attached hydrogen (secondary N) is 2.